The number of aliphatic hydroxyl groups excluding tert-OH is 1. The highest BCUT2D eigenvalue weighted by Gasteiger charge is 2.50. The predicted molar refractivity (Wildman–Crippen MR) is 145 cm³/mol. The molecule has 5 N–H and O–H groups in total. The van der Waals surface area contributed by atoms with Crippen molar-refractivity contribution < 1.29 is 23.5 Å². The van der Waals surface area contributed by atoms with Crippen LogP contribution < -0.4 is 11.1 Å². The summed E-state index contributed by atoms with van der Waals surface area (Å²) in [6.45, 7) is 7.18. The molecule has 2 aromatic rings. The Morgan fingerprint density at radius 3 is 2.44 bits per heavy atom. The third-order valence-corrected chi connectivity index (χ3v) is 7.09. The zero-order chi connectivity index (χ0) is 28.6. The van der Waals surface area contributed by atoms with Gasteiger partial charge >= 0.3 is 0 Å². The number of hydrogen-bond donors (Lipinski definition) is 4. The van der Waals surface area contributed by atoms with Crippen molar-refractivity contribution in [3.05, 3.63) is 76.9 Å². The van der Waals surface area contributed by atoms with Crippen molar-refractivity contribution in [2.24, 2.45) is 17.1 Å². The van der Waals surface area contributed by atoms with Gasteiger partial charge in [0.05, 0.1) is 17.8 Å². The summed E-state index contributed by atoms with van der Waals surface area (Å²) in [4.78, 5) is 35.6. The van der Waals surface area contributed by atoms with Gasteiger partial charge < -0.3 is 26.0 Å². The molecule has 0 fully saturated rings. The third-order valence-electron chi connectivity index (χ3n) is 7.09. The number of amides is 2. The van der Waals surface area contributed by atoms with Gasteiger partial charge in [-0.05, 0) is 50.3 Å². The molecule has 0 spiro atoms. The van der Waals surface area contributed by atoms with Gasteiger partial charge in [-0.15, -0.1) is 0 Å². The van der Waals surface area contributed by atoms with Crippen LogP contribution in [0.25, 0.3) is 0 Å². The molecule has 0 aliphatic heterocycles. The largest absolute Gasteiger partial charge is 0.391 e. The first-order chi connectivity index (χ1) is 18.6. The Bertz CT molecular complexity index is 1170. The quantitative estimate of drug-likeness (QED) is 0.291. The third kappa shape index (κ3) is 7.60. The number of imidazole rings is 1. The highest BCUT2D eigenvalue weighted by molar-refractivity contribution is 5.96. The van der Waals surface area contributed by atoms with Gasteiger partial charge in [-0.3, -0.25) is 9.59 Å². The van der Waals surface area contributed by atoms with E-state index in [0.717, 1.165) is 24.6 Å². The molecule has 10 heteroatoms. The van der Waals surface area contributed by atoms with E-state index in [2.05, 4.69) is 15.3 Å². The maximum atomic E-state index is 14.5. The molecule has 3 rings (SSSR count). The minimum atomic E-state index is -1.37. The lowest BCUT2D eigenvalue weighted by Crippen LogP contribution is -2.54. The van der Waals surface area contributed by atoms with Crippen molar-refractivity contribution >= 4 is 11.8 Å². The normalized spacial score (nSPS) is 18.7. The molecule has 3 atom stereocenters. The van der Waals surface area contributed by atoms with Crippen LogP contribution in [0, 0.1) is 23.0 Å². The molecule has 1 heterocycles. The van der Waals surface area contributed by atoms with Crippen LogP contribution in [-0.2, 0) is 22.6 Å². The molecular formula is C29H39F2N5O3. The van der Waals surface area contributed by atoms with Gasteiger partial charge in [0.1, 0.15) is 11.6 Å². The van der Waals surface area contributed by atoms with Gasteiger partial charge in [0.25, 0.3) is 0 Å². The number of carbonyl (C=O) groups is 2. The summed E-state index contributed by atoms with van der Waals surface area (Å²) in [5.74, 6) is -3.23. The zero-order valence-electron chi connectivity index (χ0n) is 22.8. The lowest BCUT2D eigenvalue weighted by Gasteiger charge is -2.45. The Hall–Kier alpha value is -3.37. The van der Waals surface area contributed by atoms with Crippen LogP contribution in [0.15, 0.2) is 54.0 Å². The minimum Gasteiger partial charge on any atom is -0.391 e. The van der Waals surface area contributed by atoms with Gasteiger partial charge in [0, 0.05) is 55.6 Å². The molecule has 1 aromatic heterocycles. The molecule has 0 saturated heterocycles. The monoisotopic (exact) mass is 543 g/mol. The maximum absolute atomic E-state index is 14.5. The van der Waals surface area contributed by atoms with Gasteiger partial charge in [-0.25, -0.2) is 13.8 Å². The molecule has 8 nitrogen and oxygen atoms in total. The number of nitrogens with two attached hydrogens (primary N) is 1. The van der Waals surface area contributed by atoms with Gasteiger partial charge in [0.2, 0.25) is 11.8 Å². The Kier molecular flexibility index (Phi) is 10.5. The molecule has 0 bridgehead atoms. The lowest BCUT2D eigenvalue weighted by molar-refractivity contribution is -0.145. The van der Waals surface area contributed by atoms with Gasteiger partial charge in [-0.1, -0.05) is 31.6 Å². The van der Waals surface area contributed by atoms with Crippen molar-refractivity contribution in [3.63, 3.8) is 0 Å². The number of aromatic nitrogens is 2. The highest BCUT2D eigenvalue weighted by Crippen LogP contribution is 2.45. The number of aliphatic hydroxyl groups is 1. The molecule has 0 saturated carbocycles. The predicted octanol–water partition coefficient (Wildman–Crippen LogP) is 3.39. The molecule has 1 aliphatic rings. The lowest BCUT2D eigenvalue weighted by atomic mass is 9.63. The number of rotatable bonds is 14. The molecule has 2 amide bonds. The van der Waals surface area contributed by atoms with E-state index < -0.39 is 35.0 Å². The number of nitrogens with one attached hydrogen (secondary N) is 2. The summed E-state index contributed by atoms with van der Waals surface area (Å²) in [7, 11) is 0. The average Bonchev–Trinajstić information content (AvgIpc) is 3.39. The molecule has 0 radical (unpaired) electrons. The summed E-state index contributed by atoms with van der Waals surface area (Å²) in [5, 5.41) is 14.8. The fourth-order valence-electron chi connectivity index (χ4n) is 5.50. The number of carbonyl (C=O) groups excluding carboxylic acids is 2. The van der Waals surface area contributed by atoms with Crippen LogP contribution in [0.4, 0.5) is 8.78 Å². The first-order valence-electron chi connectivity index (χ1n) is 13.4. The number of primary amides is 1. The summed E-state index contributed by atoms with van der Waals surface area (Å²) in [6.07, 6.45) is 6.93. The second-order valence-electron chi connectivity index (χ2n) is 10.3. The summed E-state index contributed by atoms with van der Waals surface area (Å²) < 4.78 is 28.4. The number of nitrogens with zero attached hydrogens (tertiary/aromatic N) is 2. The van der Waals surface area contributed by atoms with E-state index in [0.29, 0.717) is 30.8 Å². The van der Waals surface area contributed by atoms with Crippen LogP contribution in [-0.4, -0.2) is 57.5 Å². The van der Waals surface area contributed by atoms with E-state index in [1.807, 2.05) is 13.8 Å². The number of halogens is 2. The number of H-pyrrole nitrogens is 1. The van der Waals surface area contributed by atoms with Crippen LogP contribution >= 0.6 is 0 Å². The minimum absolute atomic E-state index is 0.00473. The van der Waals surface area contributed by atoms with Crippen molar-refractivity contribution in [2.75, 3.05) is 19.6 Å². The number of allylic oxidation sites excluding steroid dienone is 2. The topological polar surface area (TPSA) is 124 Å². The number of hydrogen-bond acceptors (Lipinski definition) is 5. The molecule has 1 aliphatic carbocycles. The highest BCUT2D eigenvalue weighted by atomic mass is 19.1. The van der Waals surface area contributed by atoms with Crippen LogP contribution in [0.5, 0.6) is 0 Å². The summed E-state index contributed by atoms with van der Waals surface area (Å²) in [6, 6.07) is 3.20. The first-order valence-corrected chi connectivity index (χ1v) is 13.4. The fraction of sp³-hybridized carbons (Fsp3) is 0.483. The molecule has 212 valence electrons. The van der Waals surface area contributed by atoms with Crippen molar-refractivity contribution in [1.29, 1.82) is 0 Å². The SMILES string of the molecule is CCCN(CCC)C(=O)C1([C@H](Cc2cc(F)cc(F)c2)[C@@H](O)CNCc2cnc[nH]2)C=C(C)C=C(C(N)=O)C1. The molecule has 39 heavy (non-hydrogen) atoms. The van der Waals surface area contributed by atoms with Gasteiger partial charge in [0.15, 0.2) is 0 Å². The van der Waals surface area contributed by atoms with Gasteiger partial charge in [-0.2, -0.15) is 0 Å². The molecule has 1 unspecified atom stereocenters. The Labute approximate surface area is 228 Å². The average molecular weight is 544 g/mol. The van der Waals surface area contributed by atoms with Crippen LogP contribution in [0.2, 0.25) is 0 Å². The molecule has 1 aromatic carbocycles. The van der Waals surface area contributed by atoms with E-state index in [1.54, 1.807) is 36.5 Å². The summed E-state index contributed by atoms with van der Waals surface area (Å²) >= 11 is 0. The zero-order valence-corrected chi connectivity index (χ0v) is 22.8. The Morgan fingerprint density at radius 1 is 1.21 bits per heavy atom. The van der Waals surface area contributed by atoms with Crippen molar-refractivity contribution in [1.82, 2.24) is 20.2 Å². The van der Waals surface area contributed by atoms with Crippen LogP contribution in [0.3, 0.4) is 0 Å². The van der Waals surface area contributed by atoms with Crippen molar-refractivity contribution in [3.8, 4) is 0 Å². The van der Waals surface area contributed by atoms with E-state index in [9.17, 15) is 23.5 Å². The smallest absolute Gasteiger partial charge is 0.244 e. The number of benzene rings is 1. The second-order valence-corrected chi connectivity index (χ2v) is 10.3. The Balaban J connectivity index is 2.10. The molecular weight excluding hydrogens is 504 g/mol. The van der Waals surface area contributed by atoms with E-state index in [4.69, 9.17) is 5.73 Å². The first kappa shape index (κ1) is 30.2. The van der Waals surface area contributed by atoms with Crippen LogP contribution in [0.1, 0.15) is 51.3 Å². The number of aromatic amines is 1. The second kappa shape index (κ2) is 13.6. The Morgan fingerprint density at radius 2 is 1.87 bits per heavy atom. The van der Waals surface area contributed by atoms with E-state index >= 15 is 0 Å². The van der Waals surface area contributed by atoms with Crippen molar-refractivity contribution in [2.45, 2.75) is 59.1 Å². The summed E-state index contributed by atoms with van der Waals surface area (Å²) in [5.41, 5.74) is 6.37. The van der Waals surface area contributed by atoms with E-state index in [1.165, 1.54) is 12.1 Å². The fourth-order valence-corrected chi connectivity index (χ4v) is 5.50. The maximum Gasteiger partial charge on any atom is 0.244 e. The standard InChI is InChI=1S/C29H39F2N5O3/c1-4-6-36(7-5-2)28(39)29(13-19(3)8-21(14-29)27(32)38)25(11-20-9-22(30)12-23(31)10-20)26(37)17-33-15-24-16-34-18-35-24/h8-10,12-13,16,18,25-26,33,37H,4-7,11,14-15,17H2,1-3H3,(H2,32,38)(H,34,35)/t25-,26+,29?/m1/s1. The van der Waals surface area contributed by atoms with E-state index in [-0.39, 0.29) is 30.9 Å².